The molecule has 0 radical (unpaired) electrons. The third-order valence-corrected chi connectivity index (χ3v) is 2.70. The molecule has 2 aromatic rings. The Morgan fingerprint density at radius 3 is 2.32 bits per heavy atom. The lowest BCUT2D eigenvalue weighted by Crippen LogP contribution is -2.14. The topological polar surface area (TPSA) is 66.3 Å². The minimum atomic E-state index is -1.06. The summed E-state index contributed by atoms with van der Waals surface area (Å²) in [5.41, 5.74) is 1.93. The fourth-order valence-electron chi connectivity index (χ4n) is 1.60. The number of aromatic carboxylic acids is 1. The Morgan fingerprint density at radius 1 is 1.16 bits per heavy atom. The molecule has 0 aliphatic rings. The Kier molecular flexibility index (Phi) is 3.46. The second-order valence-electron chi connectivity index (χ2n) is 4.50. The number of benzene rings is 1. The van der Waals surface area contributed by atoms with Gasteiger partial charge in [0.1, 0.15) is 5.82 Å². The van der Waals surface area contributed by atoms with Gasteiger partial charge < -0.3 is 10.0 Å². The van der Waals surface area contributed by atoms with E-state index < -0.39 is 5.97 Å². The average molecular weight is 257 g/mol. The highest BCUT2D eigenvalue weighted by atomic mass is 16.4. The van der Waals surface area contributed by atoms with Gasteiger partial charge in [0.2, 0.25) is 0 Å². The van der Waals surface area contributed by atoms with E-state index in [9.17, 15) is 4.79 Å². The maximum absolute atomic E-state index is 11.1. The third kappa shape index (κ3) is 2.88. The molecule has 0 aliphatic heterocycles. The number of hydrogen-bond acceptors (Lipinski definition) is 4. The van der Waals surface area contributed by atoms with Crippen molar-refractivity contribution in [2.24, 2.45) is 0 Å². The normalized spacial score (nSPS) is 10.3. The van der Waals surface area contributed by atoms with Crippen LogP contribution in [0.5, 0.6) is 0 Å². The van der Waals surface area contributed by atoms with E-state index in [4.69, 9.17) is 5.11 Å². The number of carboxylic acid groups (broad SMARTS) is 1. The summed E-state index contributed by atoms with van der Waals surface area (Å²) in [5, 5.41) is 9.10. The van der Waals surface area contributed by atoms with Crippen molar-refractivity contribution in [3.05, 3.63) is 41.6 Å². The van der Waals surface area contributed by atoms with Crippen LogP contribution in [-0.4, -0.2) is 35.1 Å². The molecule has 0 unspecified atom stereocenters. The fraction of sp³-hybridized carbons (Fsp3) is 0.214. The lowest BCUT2D eigenvalue weighted by atomic mass is 10.1. The first-order chi connectivity index (χ1) is 8.97. The summed E-state index contributed by atoms with van der Waals surface area (Å²) in [7, 11) is 3.62. The lowest BCUT2D eigenvalue weighted by Gasteiger charge is -2.13. The Balaban J connectivity index is 2.55. The van der Waals surface area contributed by atoms with Crippen LogP contribution in [-0.2, 0) is 0 Å². The van der Waals surface area contributed by atoms with E-state index in [1.807, 2.05) is 45.3 Å². The quantitative estimate of drug-likeness (QED) is 0.913. The standard InChI is InChI=1S/C14H15N3O2/c1-9-4-6-10(7-5-9)13-15-11(14(18)19)8-12(16-13)17(2)3/h4-8H,1-3H3,(H,18,19). The highest BCUT2D eigenvalue weighted by Gasteiger charge is 2.12. The molecule has 1 aromatic heterocycles. The van der Waals surface area contributed by atoms with Gasteiger partial charge in [0.25, 0.3) is 0 Å². The van der Waals surface area contributed by atoms with Crippen LogP contribution in [0.4, 0.5) is 5.82 Å². The van der Waals surface area contributed by atoms with E-state index in [0.717, 1.165) is 11.1 Å². The largest absolute Gasteiger partial charge is 0.477 e. The van der Waals surface area contributed by atoms with Crippen molar-refractivity contribution in [2.75, 3.05) is 19.0 Å². The summed E-state index contributed by atoms with van der Waals surface area (Å²) in [6, 6.07) is 9.12. The third-order valence-electron chi connectivity index (χ3n) is 2.70. The Bertz CT molecular complexity index is 607. The molecule has 2 rings (SSSR count). The minimum absolute atomic E-state index is 0.00530. The summed E-state index contributed by atoms with van der Waals surface area (Å²) in [6.07, 6.45) is 0. The smallest absolute Gasteiger partial charge is 0.354 e. The second-order valence-corrected chi connectivity index (χ2v) is 4.50. The number of anilines is 1. The Hall–Kier alpha value is -2.43. The summed E-state index contributed by atoms with van der Waals surface area (Å²) >= 11 is 0. The van der Waals surface area contributed by atoms with Crippen LogP contribution in [0, 0.1) is 6.92 Å². The number of hydrogen-bond donors (Lipinski definition) is 1. The van der Waals surface area contributed by atoms with Crippen molar-refractivity contribution < 1.29 is 9.90 Å². The van der Waals surface area contributed by atoms with Gasteiger partial charge in [-0.3, -0.25) is 0 Å². The van der Waals surface area contributed by atoms with Crippen molar-refractivity contribution in [1.82, 2.24) is 9.97 Å². The maximum Gasteiger partial charge on any atom is 0.354 e. The van der Waals surface area contributed by atoms with Gasteiger partial charge in [-0.2, -0.15) is 0 Å². The Labute approximate surface area is 111 Å². The predicted molar refractivity (Wildman–Crippen MR) is 73.5 cm³/mol. The van der Waals surface area contributed by atoms with Gasteiger partial charge in [-0.05, 0) is 6.92 Å². The van der Waals surface area contributed by atoms with Crippen LogP contribution in [0.3, 0.4) is 0 Å². The van der Waals surface area contributed by atoms with Gasteiger partial charge in [-0.1, -0.05) is 29.8 Å². The molecule has 1 N–H and O–H groups in total. The van der Waals surface area contributed by atoms with E-state index in [1.54, 1.807) is 4.90 Å². The van der Waals surface area contributed by atoms with Crippen LogP contribution < -0.4 is 4.90 Å². The van der Waals surface area contributed by atoms with Crippen LogP contribution in [0.15, 0.2) is 30.3 Å². The number of rotatable bonds is 3. The number of aromatic nitrogens is 2. The van der Waals surface area contributed by atoms with Crippen molar-refractivity contribution in [2.45, 2.75) is 6.92 Å². The molecule has 1 aromatic carbocycles. The SMILES string of the molecule is Cc1ccc(-c2nc(C(=O)O)cc(N(C)C)n2)cc1. The van der Waals surface area contributed by atoms with Crippen LogP contribution >= 0.6 is 0 Å². The van der Waals surface area contributed by atoms with E-state index in [-0.39, 0.29) is 5.69 Å². The van der Waals surface area contributed by atoms with Crippen molar-refractivity contribution in [3.8, 4) is 11.4 Å². The molecule has 0 bridgehead atoms. The van der Waals surface area contributed by atoms with Gasteiger partial charge in [-0.15, -0.1) is 0 Å². The molecule has 1 heterocycles. The average Bonchev–Trinajstić information content (AvgIpc) is 2.39. The molecule has 0 amide bonds. The number of carbonyl (C=O) groups is 1. The second kappa shape index (κ2) is 5.06. The van der Waals surface area contributed by atoms with E-state index in [1.165, 1.54) is 6.07 Å². The zero-order valence-corrected chi connectivity index (χ0v) is 11.1. The molecule has 5 heteroatoms. The molecular weight excluding hydrogens is 242 g/mol. The molecule has 98 valence electrons. The van der Waals surface area contributed by atoms with Gasteiger partial charge in [-0.25, -0.2) is 14.8 Å². The molecular formula is C14H15N3O2. The maximum atomic E-state index is 11.1. The first-order valence-electron chi connectivity index (χ1n) is 5.84. The van der Waals surface area contributed by atoms with Crippen molar-refractivity contribution >= 4 is 11.8 Å². The number of nitrogens with zero attached hydrogens (tertiary/aromatic N) is 3. The summed E-state index contributed by atoms with van der Waals surface area (Å²) in [4.78, 5) is 21.3. The Morgan fingerprint density at radius 2 is 1.79 bits per heavy atom. The molecule has 0 saturated carbocycles. The fourth-order valence-corrected chi connectivity index (χ4v) is 1.60. The summed E-state index contributed by atoms with van der Waals surface area (Å²) in [5.74, 6) is -0.0644. The molecule has 19 heavy (non-hydrogen) atoms. The van der Waals surface area contributed by atoms with Crippen LogP contribution in [0.1, 0.15) is 16.1 Å². The molecule has 0 spiro atoms. The van der Waals surface area contributed by atoms with Crippen LogP contribution in [0.2, 0.25) is 0 Å². The predicted octanol–water partition coefficient (Wildman–Crippen LogP) is 2.22. The molecule has 0 fully saturated rings. The van der Waals surface area contributed by atoms with Gasteiger partial charge >= 0.3 is 5.97 Å². The minimum Gasteiger partial charge on any atom is -0.477 e. The molecule has 0 aliphatic carbocycles. The van der Waals surface area contributed by atoms with Crippen LogP contribution in [0.25, 0.3) is 11.4 Å². The van der Waals surface area contributed by atoms with Gasteiger partial charge in [0.15, 0.2) is 11.5 Å². The van der Waals surface area contributed by atoms with Gasteiger partial charge in [0, 0.05) is 25.7 Å². The summed E-state index contributed by atoms with van der Waals surface area (Å²) in [6.45, 7) is 1.99. The first-order valence-corrected chi connectivity index (χ1v) is 5.84. The van der Waals surface area contributed by atoms with Gasteiger partial charge in [0.05, 0.1) is 0 Å². The van der Waals surface area contributed by atoms with Crippen molar-refractivity contribution in [1.29, 1.82) is 0 Å². The number of carboxylic acids is 1. The molecule has 0 atom stereocenters. The van der Waals surface area contributed by atoms with E-state index >= 15 is 0 Å². The van der Waals surface area contributed by atoms with E-state index in [0.29, 0.717) is 11.6 Å². The molecule has 0 saturated heterocycles. The monoisotopic (exact) mass is 257 g/mol. The first kappa shape index (κ1) is 13.0. The van der Waals surface area contributed by atoms with E-state index in [2.05, 4.69) is 9.97 Å². The zero-order chi connectivity index (χ0) is 14.0. The highest BCUT2D eigenvalue weighted by Crippen LogP contribution is 2.19. The highest BCUT2D eigenvalue weighted by molar-refractivity contribution is 5.87. The summed E-state index contributed by atoms with van der Waals surface area (Å²) < 4.78 is 0. The molecule has 5 nitrogen and oxygen atoms in total. The number of aryl methyl sites for hydroxylation is 1. The zero-order valence-electron chi connectivity index (χ0n) is 11.1. The lowest BCUT2D eigenvalue weighted by molar-refractivity contribution is 0.0690. The van der Waals surface area contributed by atoms with Crippen molar-refractivity contribution in [3.63, 3.8) is 0 Å².